The van der Waals surface area contributed by atoms with E-state index in [0.29, 0.717) is 0 Å². The number of phenolic OH excluding ortho intramolecular Hbond substituents is 2. The van der Waals surface area contributed by atoms with Gasteiger partial charge in [-0.3, -0.25) is 4.79 Å². The minimum Gasteiger partial charge on any atom is -0.508 e. The fraction of sp³-hybridized carbons (Fsp3) is 0.464. The number of ether oxygens (including phenoxy) is 5. The Labute approximate surface area is 252 Å². The van der Waals surface area contributed by atoms with Crippen LogP contribution in [0.5, 0.6) is 28.7 Å². The molecule has 0 spiro atoms. The zero-order valence-electron chi connectivity index (χ0n) is 23.4. The molecule has 3 aromatic rings. The summed E-state index contributed by atoms with van der Waals surface area (Å²) in [5.74, 6) is -2.25. The number of benzene rings is 2. The third kappa shape index (κ3) is 5.98. The van der Waals surface area contributed by atoms with Gasteiger partial charge in [0.1, 0.15) is 71.3 Å². The Hall–Kier alpha value is -3.75. The van der Waals surface area contributed by atoms with Crippen molar-refractivity contribution in [2.24, 2.45) is 0 Å². The minimum atomic E-state index is -1.91. The molecule has 1 aromatic heterocycles. The quantitative estimate of drug-likeness (QED) is 0.119. The number of methoxy groups -OCH3 is 1. The summed E-state index contributed by atoms with van der Waals surface area (Å²) in [6.07, 6.45) is -16.6. The molecule has 0 aliphatic carbocycles. The van der Waals surface area contributed by atoms with E-state index in [4.69, 9.17) is 28.1 Å². The first-order valence-electron chi connectivity index (χ1n) is 13.6. The van der Waals surface area contributed by atoms with Crippen molar-refractivity contribution >= 4 is 11.0 Å². The van der Waals surface area contributed by atoms with Crippen molar-refractivity contribution in [3.63, 3.8) is 0 Å². The van der Waals surface area contributed by atoms with Crippen molar-refractivity contribution in [2.75, 3.05) is 20.3 Å². The summed E-state index contributed by atoms with van der Waals surface area (Å²) in [5.41, 5.74) is -1.23. The van der Waals surface area contributed by atoms with Crippen LogP contribution in [-0.4, -0.2) is 133 Å². The van der Waals surface area contributed by atoms with E-state index < -0.39 is 103 Å². The molecule has 0 amide bonds. The van der Waals surface area contributed by atoms with Crippen molar-refractivity contribution in [3.05, 3.63) is 40.6 Å². The maximum atomic E-state index is 13.7. The molecule has 3 heterocycles. The average Bonchev–Trinajstić information content (AvgIpc) is 3.02. The molecule has 2 fully saturated rings. The van der Waals surface area contributed by atoms with E-state index in [0.717, 1.165) is 12.1 Å². The van der Waals surface area contributed by atoms with E-state index in [1.165, 1.54) is 25.3 Å². The first kappa shape index (κ1) is 32.6. The fourth-order valence-electron chi connectivity index (χ4n) is 5.04. The summed E-state index contributed by atoms with van der Waals surface area (Å²) < 4.78 is 33.4. The second kappa shape index (κ2) is 12.9. The Morgan fingerprint density at radius 2 is 1.31 bits per heavy atom. The number of hydrogen-bond acceptors (Lipinski definition) is 17. The van der Waals surface area contributed by atoms with Gasteiger partial charge < -0.3 is 79.2 Å². The van der Waals surface area contributed by atoms with Gasteiger partial charge in [0.15, 0.2) is 17.3 Å². The summed E-state index contributed by atoms with van der Waals surface area (Å²) in [4.78, 5) is 13.7. The third-order valence-corrected chi connectivity index (χ3v) is 7.52. The molecule has 0 radical (unpaired) electrons. The van der Waals surface area contributed by atoms with Gasteiger partial charge in [0, 0.05) is 17.7 Å². The molecule has 45 heavy (non-hydrogen) atoms. The number of fused-ring (bicyclic) bond motifs is 1. The highest BCUT2D eigenvalue weighted by atomic mass is 16.7. The van der Waals surface area contributed by atoms with Gasteiger partial charge in [-0.25, -0.2) is 0 Å². The van der Waals surface area contributed by atoms with Crippen LogP contribution in [0.4, 0.5) is 0 Å². The standard InChI is InChI=1S/C28H32O17/c1-40-13-4-9(2-3-12(13)42-27-23(38)21(36)18(33)15(7-29)43-27)25-26(20(35)17-11(32)5-10(31)6-14(17)41-25)45-28-24(39)22(37)19(34)16(8-30)44-28/h2-6,15-16,18-19,21-24,27-34,36-39H,7-8H2,1H3/t15-,16-,18-,19-,21+,22-,23-,24-,27-,28+/m1/s1. The summed E-state index contributed by atoms with van der Waals surface area (Å²) in [6, 6.07) is 5.83. The first-order valence-corrected chi connectivity index (χ1v) is 13.6. The predicted octanol–water partition coefficient (Wildman–Crippen LogP) is -2.76. The van der Waals surface area contributed by atoms with Crippen LogP contribution in [0.15, 0.2) is 39.5 Å². The predicted molar refractivity (Wildman–Crippen MR) is 147 cm³/mol. The molecule has 246 valence electrons. The van der Waals surface area contributed by atoms with Crippen LogP contribution in [0, 0.1) is 0 Å². The lowest BCUT2D eigenvalue weighted by atomic mass is 9.99. The van der Waals surface area contributed by atoms with Crippen molar-refractivity contribution in [3.8, 4) is 40.1 Å². The highest BCUT2D eigenvalue weighted by Crippen LogP contribution is 2.40. The fourth-order valence-corrected chi connectivity index (χ4v) is 5.04. The number of aliphatic hydroxyl groups is 8. The molecule has 0 bridgehead atoms. The summed E-state index contributed by atoms with van der Waals surface area (Å²) in [5, 5.41) is 100. The molecule has 17 nitrogen and oxygen atoms in total. The molecule has 5 rings (SSSR count). The Morgan fingerprint density at radius 3 is 1.87 bits per heavy atom. The second-order valence-corrected chi connectivity index (χ2v) is 10.4. The Kier molecular flexibility index (Phi) is 9.38. The first-order chi connectivity index (χ1) is 21.4. The third-order valence-electron chi connectivity index (χ3n) is 7.52. The second-order valence-electron chi connectivity index (χ2n) is 10.4. The number of rotatable bonds is 8. The topological polar surface area (TPSA) is 279 Å². The van der Waals surface area contributed by atoms with Crippen molar-refractivity contribution in [1.29, 1.82) is 0 Å². The van der Waals surface area contributed by atoms with E-state index in [1.54, 1.807) is 0 Å². The Morgan fingerprint density at radius 1 is 0.733 bits per heavy atom. The Bertz CT molecular complexity index is 1570. The normalized spacial score (nSPS) is 31.9. The lowest BCUT2D eigenvalue weighted by molar-refractivity contribution is -0.277. The molecule has 10 N–H and O–H groups in total. The largest absolute Gasteiger partial charge is 0.508 e. The zero-order chi connectivity index (χ0) is 32.7. The van der Waals surface area contributed by atoms with Crippen molar-refractivity contribution in [1.82, 2.24) is 0 Å². The molecule has 0 saturated carbocycles. The lowest BCUT2D eigenvalue weighted by Gasteiger charge is -2.39. The van der Waals surface area contributed by atoms with Gasteiger partial charge in [0.2, 0.25) is 23.8 Å². The van der Waals surface area contributed by atoms with E-state index in [-0.39, 0.29) is 28.4 Å². The maximum Gasteiger partial charge on any atom is 0.239 e. The van der Waals surface area contributed by atoms with Crippen LogP contribution in [0.1, 0.15) is 0 Å². The van der Waals surface area contributed by atoms with Crippen LogP contribution < -0.4 is 19.6 Å². The van der Waals surface area contributed by atoms with Gasteiger partial charge >= 0.3 is 0 Å². The Balaban J connectivity index is 1.58. The summed E-state index contributed by atoms with van der Waals surface area (Å²) >= 11 is 0. The van der Waals surface area contributed by atoms with Gasteiger partial charge in [-0.15, -0.1) is 0 Å². The van der Waals surface area contributed by atoms with Crippen LogP contribution in [0.25, 0.3) is 22.3 Å². The lowest BCUT2D eigenvalue weighted by Crippen LogP contribution is -2.60. The number of phenols is 2. The highest BCUT2D eigenvalue weighted by molar-refractivity contribution is 5.88. The highest BCUT2D eigenvalue weighted by Gasteiger charge is 2.46. The maximum absolute atomic E-state index is 13.7. The molecular weight excluding hydrogens is 608 g/mol. The van der Waals surface area contributed by atoms with Gasteiger partial charge in [-0.05, 0) is 18.2 Å². The molecule has 2 aliphatic heterocycles. The molecule has 17 heteroatoms. The van der Waals surface area contributed by atoms with Crippen LogP contribution in [-0.2, 0) is 9.47 Å². The number of aliphatic hydroxyl groups excluding tert-OH is 8. The monoisotopic (exact) mass is 640 g/mol. The van der Waals surface area contributed by atoms with Gasteiger partial charge in [-0.2, -0.15) is 0 Å². The van der Waals surface area contributed by atoms with Crippen molar-refractivity contribution < 1.29 is 79.2 Å². The zero-order valence-corrected chi connectivity index (χ0v) is 23.4. The molecular formula is C28H32O17. The number of hydrogen-bond donors (Lipinski definition) is 10. The van der Waals surface area contributed by atoms with Gasteiger partial charge in [0.25, 0.3) is 0 Å². The van der Waals surface area contributed by atoms with E-state index in [9.17, 15) is 55.9 Å². The van der Waals surface area contributed by atoms with Crippen LogP contribution in [0.2, 0.25) is 0 Å². The summed E-state index contributed by atoms with van der Waals surface area (Å²) in [7, 11) is 1.25. The molecule has 2 aromatic carbocycles. The number of aromatic hydroxyl groups is 2. The van der Waals surface area contributed by atoms with E-state index in [2.05, 4.69) is 0 Å². The van der Waals surface area contributed by atoms with Crippen LogP contribution >= 0.6 is 0 Å². The smallest absolute Gasteiger partial charge is 0.239 e. The van der Waals surface area contributed by atoms with Crippen LogP contribution in [0.3, 0.4) is 0 Å². The SMILES string of the molecule is COc1cc(-c2oc3cc(O)cc(O)c3c(=O)c2O[C@@H]2O[C@H](CO)[C@@H](O)[C@@H](O)[C@H]2O)ccc1O[C@@H]1O[C@H](CO)[C@@H](O)[C@H](O)[C@H]1O. The molecule has 2 saturated heterocycles. The summed E-state index contributed by atoms with van der Waals surface area (Å²) in [6.45, 7) is -1.47. The van der Waals surface area contributed by atoms with E-state index in [1.807, 2.05) is 0 Å². The molecule has 10 atom stereocenters. The molecule has 2 aliphatic rings. The minimum absolute atomic E-state index is 0.0504. The van der Waals surface area contributed by atoms with Gasteiger partial charge in [0.05, 0.1) is 20.3 Å². The molecule has 0 unspecified atom stereocenters. The van der Waals surface area contributed by atoms with Gasteiger partial charge in [-0.1, -0.05) is 0 Å². The van der Waals surface area contributed by atoms with E-state index >= 15 is 0 Å². The van der Waals surface area contributed by atoms with Crippen molar-refractivity contribution in [2.45, 2.75) is 61.4 Å². The average molecular weight is 641 g/mol.